The molecule has 2 heterocycles. The van der Waals surface area contributed by atoms with Gasteiger partial charge in [0.1, 0.15) is 0 Å². The predicted octanol–water partition coefficient (Wildman–Crippen LogP) is 8.15. The fourth-order valence-electron chi connectivity index (χ4n) is 5.76. The molecule has 0 bridgehead atoms. The maximum Gasteiger partial charge on any atom is 0.0702 e. The summed E-state index contributed by atoms with van der Waals surface area (Å²) >= 11 is 0. The lowest BCUT2D eigenvalue weighted by atomic mass is 9.82. The van der Waals surface area contributed by atoms with Gasteiger partial charge in [0.2, 0.25) is 0 Å². The Morgan fingerprint density at radius 3 is 2.21 bits per heavy atom. The van der Waals surface area contributed by atoms with Gasteiger partial charge >= 0.3 is 0 Å². The molecule has 0 radical (unpaired) electrons. The molecule has 0 unspecified atom stereocenters. The van der Waals surface area contributed by atoms with Gasteiger partial charge < -0.3 is 4.57 Å². The summed E-state index contributed by atoms with van der Waals surface area (Å²) in [6.45, 7) is 4.69. The van der Waals surface area contributed by atoms with Crippen LogP contribution in [0.25, 0.3) is 49.9 Å². The third-order valence-corrected chi connectivity index (χ3v) is 7.44. The minimum absolute atomic E-state index is 0.0700. The van der Waals surface area contributed by atoms with E-state index in [4.69, 9.17) is 0 Å². The zero-order valence-electron chi connectivity index (χ0n) is 19.3. The lowest BCUT2D eigenvalue weighted by molar-refractivity contribution is 0.661. The predicted molar refractivity (Wildman–Crippen MR) is 142 cm³/mol. The first kappa shape index (κ1) is 19.3. The van der Waals surface area contributed by atoms with Crippen LogP contribution in [0.15, 0.2) is 109 Å². The standard InChI is InChI=1S/C32H24N2/c1-32(2)27-16-15-21(29-13-8-9-17-33-29)18-24(27)25-19-26-23-12-6-7-14-30(23)34(31(26)20-28(25)32)22-10-4-3-5-11-22/h3-20H,1-2H3. The highest BCUT2D eigenvalue weighted by Crippen LogP contribution is 2.51. The number of hydrogen-bond donors (Lipinski definition) is 0. The van der Waals surface area contributed by atoms with Gasteiger partial charge in [-0.15, -0.1) is 0 Å². The quantitative estimate of drug-likeness (QED) is 0.268. The van der Waals surface area contributed by atoms with Crippen molar-refractivity contribution in [2.45, 2.75) is 19.3 Å². The summed E-state index contributed by atoms with van der Waals surface area (Å²) in [4.78, 5) is 4.59. The number of hydrogen-bond acceptors (Lipinski definition) is 1. The van der Waals surface area contributed by atoms with Crippen LogP contribution in [0, 0.1) is 0 Å². The number of nitrogens with zero attached hydrogens (tertiary/aromatic N) is 2. The zero-order valence-corrected chi connectivity index (χ0v) is 19.3. The van der Waals surface area contributed by atoms with Crippen molar-refractivity contribution >= 4 is 21.8 Å². The SMILES string of the molecule is CC1(C)c2ccc(-c3ccccn3)cc2-c2cc3c4ccccc4n(-c4ccccc4)c3cc21. The maximum absolute atomic E-state index is 4.59. The number of rotatable bonds is 2. The topological polar surface area (TPSA) is 17.8 Å². The van der Waals surface area contributed by atoms with Crippen LogP contribution in [-0.2, 0) is 5.41 Å². The smallest absolute Gasteiger partial charge is 0.0702 e. The van der Waals surface area contributed by atoms with E-state index in [1.807, 2.05) is 12.3 Å². The molecule has 0 aliphatic heterocycles. The normalized spacial score (nSPS) is 13.8. The maximum atomic E-state index is 4.59. The Morgan fingerprint density at radius 1 is 0.618 bits per heavy atom. The minimum Gasteiger partial charge on any atom is -0.309 e. The summed E-state index contributed by atoms with van der Waals surface area (Å²) in [6.07, 6.45) is 1.86. The van der Waals surface area contributed by atoms with Crippen molar-refractivity contribution in [3.05, 3.63) is 120 Å². The van der Waals surface area contributed by atoms with Gasteiger partial charge in [-0.25, -0.2) is 0 Å². The first-order valence-electron chi connectivity index (χ1n) is 11.8. The van der Waals surface area contributed by atoms with Crippen LogP contribution in [0.4, 0.5) is 0 Å². The molecule has 162 valence electrons. The molecule has 1 aliphatic rings. The van der Waals surface area contributed by atoms with Crippen LogP contribution in [0.3, 0.4) is 0 Å². The molecule has 0 spiro atoms. The van der Waals surface area contributed by atoms with Gasteiger partial charge in [-0.2, -0.15) is 0 Å². The van der Waals surface area contributed by atoms with Gasteiger partial charge in [-0.1, -0.05) is 68.4 Å². The van der Waals surface area contributed by atoms with Gasteiger partial charge in [-0.3, -0.25) is 4.98 Å². The van der Waals surface area contributed by atoms with Gasteiger partial charge in [0.25, 0.3) is 0 Å². The number of para-hydroxylation sites is 2. The van der Waals surface area contributed by atoms with Crippen molar-refractivity contribution < 1.29 is 0 Å². The van der Waals surface area contributed by atoms with Crippen LogP contribution in [-0.4, -0.2) is 9.55 Å². The second kappa shape index (κ2) is 6.91. The zero-order chi connectivity index (χ0) is 22.9. The lowest BCUT2D eigenvalue weighted by Crippen LogP contribution is -2.15. The van der Waals surface area contributed by atoms with E-state index in [1.165, 1.54) is 49.7 Å². The molecule has 0 saturated carbocycles. The molecule has 34 heavy (non-hydrogen) atoms. The lowest BCUT2D eigenvalue weighted by Gasteiger charge is -2.22. The third-order valence-electron chi connectivity index (χ3n) is 7.44. The van der Waals surface area contributed by atoms with Gasteiger partial charge in [0, 0.05) is 33.6 Å². The van der Waals surface area contributed by atoms with Gasteiger partial charge in [0.15, 0.2) is 0 Å². The molecule has 6 aromatic rings. The van der Waals surface area contributed by atoms with Crippen LogP contribution in [0.1, 0.15) is 25.0 Å². The highest BCUT2D eigenvalue weighted by molar-refractivity contribution is 6.11. The molecule has 0 N–H and O–H groups in total. The number of benzene rings is 4. The number of fused-ring (bicyclic) bond motifs is 6. The van der Waals surface area contributed by atoms with E-state index in [0.717, 1.165) is 11.3 Å². The van der Waals surface area contributed by atoms with Crippen molar-refractivity contribution in [2.24, 2.45) is 0 Å². The third kappa shape index (κ3) is 2.60. The van der Waals surface area contributed by atoms with E-state index < -0.39 is 0 Å². The molecular formula is C32H24N2. The van der Waals surface area contributed by atoms with E-state index in [-0.39, 0.29) is 5.41 Å². The van der Waals surface area contributed by atoms with Crippen LogP contribution in [0.5, 0.6) is 0 Å². The first-order valence-corrected chi connectivity index (χ1v) is 11.8. The molecule has 2 aromatic heterocycles. The summed E-state index contributed by atoms with van der Waals surface area (Å²) in [5.41, 5.74) is 11.2. The summed E-state index contributed by atoms with van der Waals surface area (Å²) in [5, 5.41) is 2.58. The van der Waals surface area contributed by atoms with Crippen molar-refractivity contribution in [1.82, 2.24) is 9.55 Å². The molecule has 0 amide bonds. The second-order valence-electron chi connectivity index (χ2n) is 9.70. The summed E-state index contributed by atoms with van der Waals surface area (Å²) in [5.74, 6) is 0. The van der Waals surface area contributed by atoms with E-state index in [0.29, 0.717) is 0 Å². The molecular weight excluding hydrogens is 412 g/mol. The fraction of sp³-hybridized carbons (Fsp3) is 0.0938. The Balaban J connectivity index is 1.55. The average molecular weight is 437 g/mol. The minimum atomic E-state index is -0.0700. The molecule has 0 atom stereocenters. The fourth-order valence-corrected chi connectivity index (χ4v) is 5.76. The van der Waals surface area contributed by atoms with Crippen molar-refractivity contribution in [1.29, 1.82) is 0 Å². The Hall–Kier alpha value is -4.17. The molecule has 1 aliphatic carbocycles. The second-order valence-corrected chi connectivity index (χ2v) is 9.70. The van der Waals surface area contributed by atoms with Crippen LogP contribution in [0.2, 0.25) is 0 Å². The van der Waals surface area contributed by atoms with Gasteiger partial charge in [-0.05, 0) is 70.8 Å². The Labute approximate surface area is 199 Å². The molecule has 2 heteroatoms. The first-order chi connectivity index (χ1) is 16.6. The molecule has 0 fully saturated rings. The van der Waals surface area contributed by atoms with E-state index in [1.54, 1.807) is 0 Å². The van der Waals surface area contributed by atoms with Crippen LogP contribution >= 0.6 is 0 Å². The summed E-state index contributed by atoms with van der Waals surface area (Å²) < 4.78 is 2.41. The van der Waals surface area contributed by atoms with E-state index >= 15 is 0 Å². The van der Waals surface area contributed by atoms with Crippen molar-refractivity contribution in [2.75, 3.05) is 0 Å². The van der Waals surface area contributed by atoms with E-state index in [2.05, 4.69) is 120 Å². The molecule has 2 nitrogen and oxygen atoms in total. The number of aromatic nitrogens is 2. The average Bonchev–Trinajstić information content (AvgIpc) is 3.32. The largest absolute Gasteiger partial charge is 0.309 e. The monoisotopic (exact) mass is 436 g/mol. The molecule has 7 rings (SSSR count). The molecule has 0 saturated heterocycles. The Kier molecular flexibility index (Phi) is 3.93. The molecule has 4 aromatic carbocycles. The Bertz CT molecular complexity index is 1710. The van der Waals surface area contributed by atoms with Crippen molar-refractivity contribution in [3.8, 4) is 28.1 Å². The number of pyridine rings is 1. The van der Waals surface area contributed by atoms with Crippen LogP contribution < -0.4 is 0 Å². The highest BCUT2D eigenvalue weighted by atomic mass is 15.0. The highest BCUT2D eigenvalue weighted by Gasteiger charge is 2.36. The van der Waals surface area contributed by atoms with E-state index in [9.17, 15) is 0 Å². The van der Waals surface area contributed by atoms with Gasteiger partial charge in [0.05, 0.1) is 16.7 Å². The Morgan fingerprint density at radius 2 is 1.38 bits per heavy atom. The summed E-state index contributed by atoms with van der Waals surface area (Å²) in [6, 6.07) is 37.2. The summed E-state index contributed by atoms with van der Waals surface area (Å²) in [7, 11) is 0. The van der Waals surface area contributed by atoms with Crippen molar-refractivity contribution in [3.63, 3.8) is 0 Å².